The summed E-state index contributed by atoms with van der Waals surface area (Å²) in [4.78, 5) is 2.37. The number of para-hydroxylation sites is 3. The molecule has 4 aromatic carbocycles. The van der Waals surface area contributed by atoms with E-state index in [4.69, 9.17) is 0 Å². The van der Waals surface area contributed by atoms with E-state index in [1.807, 2.05) is 0 Å². The van der Waals surface area contributed by atoms with Gasteiger partial charge in [-0.1, -0.05) is 78.9 Å². The number of anilines is 3. The molecule has 0 bridgehead atoms. The fourth-order valence-electron chi connectivity index (χ4n) is 4.43. The molecule has 0 saturated carbocycles. The van der Waals surface area contributed by atoms with Crippen molar-refractivity contribution in [1.29, 1.82) is 0 Å². The summed E-state index contributed by atoms with van der Waals surface area (Å²) in [5.74, 6) is 0. The Morgan fingerprint density at radius 3 is 2.00 bits per heavy atom. The number of hydrogen-bond acceptors (Lipinski definition) is 1. The van der Waals surface area contributed by atoms with Gasteiger partial charge in [-0.25, -0.2) is 0 Å². The molecule has 0 amide bonds. The molecule has 1 aliphatic rings. The van der Waals surface area contributed by atoms with E-state index in [2.05, 4.69) is 131 Å². The number of hydrogen-bond donors (Lipinski definition) is 0. The first kappa shape index (κ1) is 17.3. The molecule has 4 aromatic rings. The third-order valence-corrected chi connectivity index (χ3v) is 6.44. The van der Waals surface area contributed by atoms with Crippen LogP contribution in [0.25, 0.3) is 0 Å². The van der Waals surface area contributed by atoms with Gasteiger partial charge in [-0.15, -0.1) is 0 Å². The average Bonchev–Trinajstić information content (AvgIpc) is 2.76. The first-order valence-electron chi connectivity index (χ1n) is 9.50. The summed E-state index contributed by atoms with van der Waals surface area (Å²) >= 11 is 3.85. The molecule has 5 rings (SSSR count). The van der Waals surface area contributed by atoms with E-state index >= 15 is 0 Å². The maximum atomic E-state index is 3.85. The summed E-state index contributed by atoms with van der Waals surface area (Å²) < 4.78 is 1.10. The SMILES string of the molecule is CC1(c2ccccc2)c2ccccc2N(c2ccccc2)c2c(Br)cccc21. The van der Waals surface area contributed by atoms with E-state index in [0.717, 1.165) is 4.47 Å². The molecule has 28 heavy (non-hydrogen) atoms. The molecule has 2 heteroatoms. The number of halogens is 1. The second-order valence-electron chi connectivity index (χ2n) is 7.32. The average molecular weight is 426 g/mol. The maximum Gasteiger partial charge on any atom is 0.0648 e. The number of fused-ring (bicyclic) bond motifs is 2. The van der Waals surface area contributed by atoms with Gasteiger partial charge in [-0.2, -0.15) is 0 Å². The van der Waals surface area contributed by atoms with Gasteiger partial charge < -0.3 is 4.90 Å². The Kier molecular flexibility index (Phi) is 4.10. The second-order valence-corrected chi connectivity index (χ2v) is 8.17. The predicted octanol–water partition coefficient (Wildman–Crippen LogP) is 7.59. The van der Waals surface area contributed by atoms with Crippen molar-refractivity contribution in [2.45, 2.75) is 12.3 Å². The Labute approximate surface area is 174 Å². The van der Waals surface area contributed by atoms with Crippen LogP contribution in [0.5, 0.6) is 0 Å². The van der Waals surface area contributed by atoms with Crippen molar-refractivity contribution in [3.8, 4) is 0 Å². The summed E-state index contributed by atoms with van der Waals surface area (Å²) in [6, 6.07) is 36.7. The zero-order valence-corrected chi connectivity index (χ0v) is 17.2. The first-order valence-corrected chi connectivity index (χ1v) is 10.3. The Morgan fingerprint density at radius 1 is 0.643 bits per heavy atom. The van der Waals surface area contributed by atoms with Gasteiger partial charge in [0.05, 0.1) is 11.4 Å². The van der Waals surface area contributed by atoms with Crippen LogP contribution in [-0.4, -0.2) is 0 Å². The lowest BCUT2D eigenvalue weighted by Gasteiger charge is -2.44. The molecule has 0 N–H and O–H groups in total. The fourth-order valence-corrected chi connectivity index (χ4v) is 4.97. The third kappa shape index (κ3) is 2.45. The highest BCUT2D eigenvalue weighted by molar-refractivity contribution is 9.10. The van der Waals surface area contributed by atoms with Crippen molar-refractivity contribution >= 4 is 33.0 Å². The lowest BCUT2D eigenvalue weighted by Crippen LogP contribution is -2.34. The highest BCUT2D eigenvalue weighted by atomic mass is 79.9. The Morgan fingerprint density at radius 2 is 1.25 bits per heavy atom. The summed E-state index contributed by atoms with van der Waals surface area (Å²) in [5.41, 5.74) is 7.28. The van der Waals surface area contributed by atoms with Crippen LogP contribution in [0.1, 0.15) is 23.6 Å². The lowest BCUT2D eigenvalue weighted by molar-refractivity contribution is 0.680. The van der Waals surface area contributed by atoms with Crippen molar-refractivity contribution in [1.82, 2.24) is 0 Å². The Bertz CT molecular complexity index is 1140. The zero-order valence-electron chi connectivity index (χ0n) is 15.6. The largest absolute Gasteiger partial charge is 0.309 e. The highest BCUT2D eigenvalue weighted by Crippen LogP contribution is 2.56. The summed E-state index contributed by atoms with van der Waals surface area (Å²) in [6.07, 6.45) is 0. The van der Waals surface area contributed by atoms with E-state index in [1.54, 1.807) is 0 Å². The van der Waals surface area contributed by atoms with Crippen LogP contribution in [0.4, 0.5) is 17.1 Å². The van der Waals surface area contributed by atoms with Gasteiger partial charge in [-0.05, 0) is 63.8 Å². The minimum atomic E-state index is -0.234. The standard InChI is InChI=1S/C26H20BrN/c1-26(19-11-4-2-5-12-19)21-15-8-9-18-24(21)28(20-13-6-3-7-14-20)25-22(26)16-10-17-23(25)27/h2-18H,1H3. The van der Waals surface area contributed by atoms with Crippen LogP contribution in [0.15, 0.2) is 108 Å². The monoisotopic (exact) mass is 425 g/mol. The van der Waals surface area contributed by atoms with Gasteiger partial charge in [0.15, 0.2) is 0 Å². The van der Waals surface area contributed by atoms with Gasteiger partial charge in [0.25, 0.3) is 0 Å². The third-order valence-electron chi connectivity index (χ3n) is 5.80. The van der Waals surface area contributed by atoms with E-state index in [9.17, 15) is 0 Å². The molecule has 136 valence electrons. The van der Waals surface area contributed by atoms with Crippen LogP contribution in [0.3, 0.4) is 0 Å². The minimum absolute atomic E-state index is 0.234. The summed E-state index contributed by atoms with van der Waals surface area (Å²) in [6.45, 7) is 2.34. The van der Waals surface area contributed by atoms with Crippen molar-refractivity contribution < 1.29 is 0 Å². The Balaban J connectivity index is 1.89. The molecular formula is C26H20BrN. The smallest absolute Gasteiger partial charge is 0.0648 e. The molecular weight excluding hydrogens is 406 g/mol. The van der Waals surface area contributed by atoms with Gasteiger partial charge >= 0.3 is 0 Å². The Hall–Kier alpha value is -2.84. The second kappa shape index (κ2) is 6.65. The highest BCUT2D eigenvalue weighted by Gasteiger charge is 2.42. The van der Waals surface area contributed by atoms with Gasteiger partial charge in [0.1, 0.15) is 0 Å². The number of benzene rings is 4. The fraction of sp³-hybridized carbons (Fsp3) is 0.0769. The molecule has 1 nitrogen and oxygen atoms in total. The van der Waals surface area contributed by atoms with E-state index < -0.39 is 0 Å². The van der Waals surface area contributed by atoms with Gasteiger partial charge in [0.2, 0.25) is 0 Å². The van der Waals surface area contributed by atoms with E-state index in [0.29, 0.717) is 0 Å². The van der Waals surface area contributed by atoms with Crippen LogP contribution < -0.4 is 4.90 Å². The quantitative estimate of drug-likeness (QED) is 0.319. The van der Waals surface area contributed by atoms with E-state index in [-0.39, 0.29) is 5.41 Å². The molecule has 0 aliphatic carbocycles. The molecule has 0 fully saturated rings. The summed E-state index contributed by atoms with van der Waals surface area (Å²) in [7, 11) is 0. The number of nitrogens with zero attached hydrogens (tertiary/aromatic N) is 1. The first-order chi connectivity index (χ1) is 13.7. The molecule has 1 aliphatic heterocycles. The van der Waals surface area contributed by atoms with Crippen LogP contribution >= 0.6 is 15.9 Å². The predicted molar refractivity (Wildman–Crippen MR) is 121 cm³/mol. The lowest BCUT2D eigenvalue weighted by atomic mass is 9.67. The van der Waals surface area contributed by atoms with Gasteiger partial charge in [0, 0.05) is 15.6 Å². The summed E-state index contributed by atoms with van der Waals surface area (Å²) in [5, 5.41) is 0. The van der Waals surface area contributed by atoms with Crippen LogP contribution in [-0.2, 0) is 5.41 Å². The number of rotatable bonds is 2. The molecule has 1 heterocycles. The molecule has 1 unspecified atom stereocenters. The van der Waals surface area contributed by atoms with Crippen molar-refractivity contribution in [3.05, 3.63) is 124 Å². The molecule has 0 spiro atoms. The normalized spacial score (nSPS) is 17.7. The van der Waals surface area contributed by atoms with Crippen molar-refractivity contribution in [2.75, 3.05) is 4.90 Å². The van der Waals surface area contributed by atoms with E-state index in [1.165, 1.54) is 33.8 Å². The van der Waals surface area contributed by atoms with Crippen molar-refractivity contribution in [3.63, 3.8) is 0 Å². The topological polar surface area (TPSA) is 3.24 Å². The molecule has 0 saturated heterocycles. The van der Waals surface area contributed by atoms with Crippen LogP contribution in [0.2, 0.25) is 0 Å². The zero-order chi connectivity index (χ0) is 19.1. The molecule has 0 aromatic heterocycles. The molecule has 0 radical (unpaired) electrons. The minimum Gasteiger partial charge on any atom is -0.309 e. The molecule has 1 atom stereocenters. The van der Waals surface area contributed by atoms with Crippen molar-refractivity contribution in [2.24, 2.45) is 0 Å². The van der Waals surface area contributed by atoms with Crippen LogP contribution in [0, 0.1) is 0 Å². The maximum absolute atomic E-state index is 3.85. The van der Waals surface area contributed by atoms with Gasteiger partial charge in [-0.3, -0.25) is 0 Å².